The first-order chi connectivity index (χ1) is 12.9. The highest BCUT2D eigenvalue weighted by molar-refractivity contribution is 5.28. The average molecular weight is 381 g/mol. The van der Waals surface area contributed by atoms with Gasteiger partial charge in [-0.25, -0.2) is 0 Å². The Morgan fingerprint density at radius 2 is 1.85 bits per heavy atom. The highest BCUT2D eigenvalue weighted by Crippen LogP contribution is 2.41. The molecule has 0 aromatic heterocycles. The third-order valence-electron chi connectivity index (χ3n) is 5.51. The van der Waals surface area contributed by atoms with E-state index < -0.39 is 0 Å². The van der Waals surface area contributed by atoms with Crippen LogP contribution in [-0.2, 0) is 0 Å². The highest BCUT2D eigenvalue weighted by Gasteiger charge is 2.30. The molecular weight excluding hydrogens is 332 g/mol. The molecule has 2 aliphatic carbocycles. The van der Waals surface area contributed by atoms with E-state index in [9.17, 15) is 0 Å². The van der Waals surface area contributed by atoms with E-state index in [0.29, 0.717) is 18.9 Å². The number of fused-ring (bicyclic) bond motifs is 1. The molecule has 0 aromatic rings. The second kappa shape index (κ2) is 18.3. The van der Waals surface area contributed by atoms with Gasteiger partial charge >= 0.3 is 0 Å². The quantitative estimate of drug-likeness (QED) is 0.477. The van der Waals surface area contributed by atoms with Gasteiger partial charge in [-0.2, -0.15) is 0 Å². The topological polar surface area (TPSA) is 40.5 Å². The van der Waals surface area contributed by atoms with Crippen molar-refractivity contribution < 1.29 is 10.2 Å². The number of hydrogen-bond donors (Lipinski definition) is 2. The van der Waals surface area contributed by atoms with Crippen LogP contribution in [0, 0.1) is 23.7 Å². The Kier molecular flexibility index (Phi) is 19.2. The monoisotopic (exact) mass is 380 g/mol. The van der Waals surface area contributed by atoms with E-state index in [1.54, 1.807) is 5.57 Å². The maximum absolute atomic E-state index is 8.37. The van der Waals surface area contributed by atoms with Gasteiger partial charge in [0.1, 0.15) is 0 Å². The zero-order chi connectivity index (χ0) is 21.2. The summed E-state index contributed by atoms with van der Waals surface area (Å²) < 4.78 is 0. The Hall–Kier alpha value is -1.02. The lowest BCUT2D eigenvalue weighted by molar-refractivity contribution is 0.260. The van der Waals surface area contributed by atoms with Gasteiger partial charge in [0, 0.05) is 13.0 Å². The molecule has 2 rings (SSSR count). The van der Waals surface area contributed by atoms with Crippen LogP contribution < -0.4 is 0 Å². The Balaban J connectivity index is 0. The summed E-state index contributed by atoms with van der Waals surface area (Å²) in [5.74, 6) is 3.55. The molecule has 160 valence electrons. The first-order valence-corrected chi connectivity index (χ1v) is 11.3. The van der Waals surface area contributed by atoms with Crippen molar-refractivity contribution in [1.29, 1.82) is 0 Å². The Bertz CT molecular complexity index is 409. The molecule has 0 fully saturated rings. The smallest absolute Gasteiger partial charge is 0.0848 e. The summed E-state index contributed by atoms with van der Waals surface area (Å²) in [4.78, 5) is 0. The number of allylic oxidation sites excluding steroid dienone is 5. The van der Waals surface area contributed by atoms with Gasteiger partial charge in [-0.3, -0.25) is 0 Å². The maximum atomic E-state index is 8.37. The van der Waals surface area contributed by atoms with E-state index in [0.717, 1.165) is 24.2 Å². The fourth-order valence-electron chi connectivity index (χ4n) is 3.43. The van der Waals surface area contributed by atoms with Gasteiger partial charge in [0.25, 0.3) is 0 Å². The van der Waals surface area contributed by atoms with Crippen molar-refractivity contribution in [3.8, 4) is 0 Å². The van der Waals surface area contributed by atoms with Crippen molar-refractivity contribution in [2.24, 2.45) is 23.7 Å². The summed E-state index contributed by atoms with van der Waals surface area (Å²) in [7, 11) is 0. The molecule has 0 amide bonds. The van der Waals surface area contributed by atoms with Crippen LogP contribution >= 0.6 is 0 Å². The molecule has 4 unspecified atom stereocenters. The van der Waals surface area contributed by atoms with E-state index in [1.807, 2.05) is 20.8 Å². The van der Waals surface area contributed by atoms with E-state index in [-0.39, 0.29) is 5.76 Å². The molecule has 0 saturated heterocycles. The van der Waals surface area contributed by atoms with E-state index >= 15 is 0 Å². The third kappa shape index (κ3) is 12.9. The summed E-state index contributed by atoms with van der Waals surface area (Å²) in [6.07, 6.45) is 15.5. The molecule has 0 saturated carbocycles. The van der Waals surface area contributed by atoms with Gasteiger partial charge in [-0.05, 0) is 54.9 Å². The van der Waals surface area contributed by atoms with Crippen LogP contribution in [0.25, 0.3) is 0 Å². The van der Waals surface area contributed by atoms with Gasteiger partial charge in [-0.15, -0.1) is 0 Å². The summed E-state index contributed by atoms with van der Waals surface area (Å²) in [6, 6.07) is 0. The van der Waals surface area contributed by atoms with Crippen molar-refractivity contribution in [3.63, 3.8) is 0 Å². The molecule has 27 heavy (non-hydrogen) atoms. The first kappa shape index (κ1) is 28.2. The van der Waals surface area contributed by atoms with Gasteiger partial charge < -0.3 is 10.2 Å². The SMILES string of the molecule is C=C(O)CC.CC.CCC(C)CCO.CCC1C(C)C=CC2=CCCCC21. The standard InChI is InChI=1S/C13H20.C6H14O.C4H8O.C2H6/c1-3-12-10(2)8-9-11-6-4-5-7-13(11)12;1-3-6(2)4-5-7;1-3-4(2)5;1-2/h6,8-10,12-13H,3-5,7H2,1-2H3;6-7H,3-5H2,1-2H3;5H,2-3H2,1H3;1-2H3. The molecular formula is C25H48O2. The lowest BCUT2D eigenvalue weighted by Crippen LogP contribution is -2.26. The molecule has 0 spiro atoms. The Labute approximate surface area is 170 Å². The first-order valence-electron chi connectivity index (χ1n) is 11.3. The minimum absolute atomic E-state index is 0.255. The van der Waals surface area contributed by atoms with Crippen LogP contribution in [0.4, 0.5) is 0 Å². The largest absolute Gasteiger partial charge is 0.513 e. The average Bonchev–Trinajstić information content (AvgIpc) is 2.70. The molecule has 2 heteroatoms. The van der Waals surface area contributed by atoms with Crippen molar-refractivity contribution >= 4 is 0 Å². The summed E-state index contributed by atoms with van der Waals surface area (Å²) in [6.45, 7) is 18.4. The van der Waals surface area contributed by atoms with Crippen molar-refractivity contribution in [2.45, 2.75) is 93.4 Å². The second-order valence-electron chi connectivity index (χ2n) is 7.48. The predicted octanol–water partition coefficient (Wildman–Crippen LogP) is 7.85. The molecule has 2 nitrogen and oxygen atoms in total. The summed E-state index contributed by atoms with van der Waals surface area (Å²) in [5.41, 5.74) is 1.64. The Morgan fingerprint density at radius 1 is 1.26 bits per heavy atom. The number of aliphatic hydroxyl groups is 2. The van der Waals surface area contributed by atoms with Crippen LogP contribution in [0.1, 0.15) is 93.4 Å². The van der Waals surface area contributed by atoms with E-state index in [2.05, 4.69) is 52.5 Å². The van der Waals surface area contributed by atoms with Crippen molar-refractivity contribution in [2.75, 3.05) is 6.61 Å². The molecule has 2 N–H and O–H groups in total. The van der Waals surface area contributed by atoms with Gasteiger partial charge in [0.05, 0.1) is 5.76 Å². The van der Waals surface area contributed by atoms with Gasteiger partial charge in [0.15, 0.2) is 0 Å². The predicted molar refractivity (Wildman–Crippen MR) is 122 cm³/mol. The van der Waals surface area contributed by atoms with Crippen molar-refractivity contribution in [1.82, 2.24) is 0 Å². The fraction of sp³-hybridized carbons (Fsp3) is 0.760. The molecule has 0 aromatic carbocycles. The number of rotatable bonds is 5. The molecule has 0 bridgehead atoms. The minimum Gasteiger partial charge on any atom is -0.513 e. The Morgan fingerprint density at radius 3 is 2.26 bits per heavy atom. The molecule has 4 atom stereocenters. The summed E-state index contributed by atoms with van der Waals surface area (Å²) in [5, 5.41) is 16.5. The van der Waals surface area contributed by atoms with Crippen LogP contribution in [0.5, 0.6) is 0 Å². The molecule has 2 aliphatic rings. The van der Waals surface area contributed by atoms with Crippen LogP contribution in [0.3, 0.4) is 0 Å². The molecule has 0 aliphatic heterocycles. The van der Waals surface area contributed by atoms with Crippen LogP contribution in [0.2, 0.25) is 0 Å². The molecule has 0 heterocycles. The lowest BCUT2D eigenvalue weighted by Gasteiger charge is -2.36. The third-order valence-corrected chi connectivity index (χ3v) is 5.51. The fourth-order valence-corrected chi connectivity index (χ4v) is 3.43. The van der Waals surface area contributed by atoms with Crippen LogP contribution in [0.15, 0.2) is 36.1 Å². The maximum Gasteiger partial charge on any atom is 0.0848 e. The molecule has 0 radical (unpaired) electrons. The highest BCUT2D eigenvalue weighted by atomic mass is 16.3. The van der Waals surface area contributed by atoms with Crippen LogP contribution in [-0.4, -0.2) is 16.8 Å². The summed E-state index contributed by atoms with van der Waals surface area (Å²) >= 11 is 0. The van der Waals surface area contributed by atoms with Gasteiger partial charge in [0.2, 0.25) is 0 Å². The van der Waals surface area contributed by atoms with Gasteiger partial charge in [-0.1, -0.05) is 86.1 Å². The van der Waals surface area contributed by atoms with E-state index in [4.69, 9.17) is 10.2 Å². The normalized spacial score (nSPS) is 23.7. The number of hydrogen-bond acceptors (Lipinski definition) is 2. The zero-order valence-corrected chi connectivity index (χ0v) is 19.3. The second-order valence-corrected chi connectivity index (χ2v) is 7.48. The number of aliphatic hydroxyl groups excluding tert-OH is 2. The lowest BCUT2D eigenvalue weighted by atomic mass is 9.69. The zero-order valence-electron chi connectivity index (χ0n) is 19.3. The minimum atomic E-state index is 0.255. The van der Waals surface area contributed by atoms with Crippen molar-refractivity contribution in [3.05, 3.63) is 36.1 Å². The van der Waals surface area contributed by atoms with E-state index in [1.165, 1.54) is 32.1 Å².